The van der Waals surface area contributed by atoms with Crippen LogP contribution in [-0.4, -0.2) is 7.05 Å². The van der Waals surface area contributed by atoms with Crippen molar-refractivity contribution < 1.29 is 0 Å². The fraction of sp³-hybridized carbons (Fsp3) is 0.455. The van der Waals surface area contributed by atoms with E-state index < -0.39 is 0 Å². The normalized spacial score (nSPS) is 10.5. The van der Waals surface area contributed by atoms with Crippen LogP contribution in [-0.2, 0) is 6.42 Å². The van der Waals surface area contributed by atoms with Crippen molar-refractivity contribution in [3.63, 3.8) is 0 Å². The third-order valence-corrected chi connectivity index (χ3v) is 2.20. The van der Waals surface area contributed by atoms with Crippen molar-refractivity contribution >= 4 is 17.3 Å². The second kappa shape index (κ2) is 4.52. The zero-order chi connectivity index (χ0) is 9.84. The van der Waals surface area contributed by atoms with Crippen molar-refractivity contribution in [3.05, 3.63) is 28.8 Å². The molecule has 0 aliphatic carbocycles. The molecule has 0 atom stereocenters. The fourth-order valence-corrected chi connectivity index (χ4v) is 1.61. The summed E-state index contributed by atoms with van der Waals surface area (Å²) >= 11 is 5.93. The second-order valence-electron chi connectivity index (χ2n) is 3.65. The summed E-state index contributed by atoms with van der Waals surface area (Å²) in [6, 6.07) is 5.98. The Morgan fingerprint density at radius 3 is 2.62 bits per heavy atom. The minimum Gasteiger partial charge on any atom is -0.388 e. The van der Waals surface area contributed by atoms with Crippen LogP contribution in [0.1, 0.15) is 19.4 Å². The third-order valence-electron chi connectivity index (χ3n) is 1.96. The summed E-state index contributed by atoms with van der Waals surface area (Å²) in [5.41, 5.74) is 2.48. The van der Waals surface area contributed by atoms with Gasteiger partial charge in [0.1, 0.15) is 0 Å². The van der Waals surface area contributed by atoms with E-state index in [4.69, 9.17) is 11.6 Å². The van der Waals surface area contributed by atoms with Gasteiger partial charge < -0.3 is 5.32 Å². The number of hydrogen-bond acceptors (Lipinski definition) is 1. The van der Waals surface area contributed by atoms with Gasteiger partial charge in [-0.25, -0.2) is 0 Å². The highest BCUT2D eigenvalue weighted by Gasteiger charge is 2.03. The lowest BCUT2D eigenvalue weighted by molar-refractivity contribution is 0.648. The van der Waals surface area contributed by atoms with Crippen molar-refractivity contribution in [3.8, 4) is 0 Å². The van der Waals surface area contributed by atoms with E-state index in [1.165, 1.54) is 11.3 Å². The maximum atomic E-state index is 5.93. The molecule has 1 aromatic rings. The summed E-state index contributed by atoms with van der Waals surface area (Å²) in [5, 5.41) is 3.98. The molecule has 0 aromatic heterocycles. The van der Waals surface area contributed by atoms with Crippen LogP contribution in [0.2, 0.25) is 5.02 Å². The van der Waals surface area contributed by atoms with Crippen LogP contribution in [0.4, 0.5) is 5.69 Å². The van der Waals surface area contributed by atoms with Crippen molar-refractivity contribution in [1.82, 2.24) is 0 Å². The quantitative estimate of drug-likeness (QED) is 0.781. The Hall–Kier alpha value is -0.690. The van der Waals surface area contributed by atoms with E-state index in [9.17, 15) is 0 Å². The SMILES string of the molecule is CNc1ccc(Cl)cc1CC(C)C. The first-order chi connectivity index (χ1) is 6.13. The van der Waals surface area contributed by atoms with E-state index in [0.717, 1.165) is 11.4 Å². The third kappa shape index (κ3) is 2.92. The average Bonchev–Trinajstić information content (AvgIpc) is 2.03. The Bertz CT molecular complexity index is 281. The first-order valence-electron chi connectivity index (χ1n) is 4.59. The fourth-order valence-electron chi connectivity index (χ4n) is 1.41. The zero-order valence-electron chi connectivity index (χ0n) is 8.39. The Labute approximate surface area is 85.1 Å². The molecule has 1 aromatic carbocycles. The Morgan fingerprint density at radius 1 is 1.38 bits per heavy atom. The van der Waals surface area contributed by atoms with Crippen LogP contribution in [0.15, 0.2) is 18.2 Å². The predicted molar refractivity (Wildman–Crippen MR) is 59.5 cm³/mol. The van der Waals surface area contributed by atoms with Crippen molar-refractivity contribution in [2.24, 2.45) is 5.92 Å². The first kappa shape index (κ1) is 10.4. The molecule has 1 rings (SSSR count). The van der Waals surface area contributed by atoms with E-state index in [2.05, 4.69) is 19.2 Å². The zero-order valence-corrected chi connectivity index (χ0v) is 9.15. The molecule has 2 heteroatoms. The van der Waals surface area contributed by atoms with E-state index in [0.29, 0.717) is 5.92 Å². The van der Waals surface area contributed by atoms with Gasteiger partial charge in [-0.15, -0.1) is 0 Å². The van der Waals surface area contributed by atoms with Gasteiger partial charge >= 0.3 is 0 Å². The largest absolute Gasteiger partial charge is 0.388 e. The maximum absolute atomic E-state index is 5.93. The smallest absolute Gasteiger partial charge is 0.0410 e. The highest BCUT2D eigenvalue weighted by molar-refractivity contribution is 6.30. The molecular formula is C11H16ClN. The van der Waals surface area contributed by atoms with Crippen LogP contribution in [0.5, 0.6) is 0 Å². The molecule has 0 bridgehead atoms. The molecule has 0 saturated heterocycles. The number of benzene rings is 1. The monoisotopic (exact) mass is 197 g/mol. The van der Waals surface area contributed by atoms with Crippen molar-refractivity contribution in [2.45, 2.75) is 20.3 Å². The molecule has 1 nitrogen and oxygen atoms in total. The van der Waals surface area contributed by atoms with Crippen LogP contribution in [0, 0.1) is 5.92 Å². The number of hydrogen-bond donors (Lipinski definition) is 1. The average molecular weight is 198 g/mol. The number of anilines is 1. The van der Waals surface area contributed by atoms with Gasteiger partial charge in [0.2, 0.25) is 0 Å². The first-order valence-corrected chi connectivity index (χ1v) is 4.97. The standard InChI is InChI=1S/C11H16ClN/c1-8(2)6-9-7-10(12)4-5-11(9)13-3/h4-5,7-8,13H,6H2,1-3H3. The lowest BCUT2D eigenvalue weighted by Crippen LogP contribution is -1.99. The summed E-state index contributed by atoms with van der Waals surface area (Å²) in [6.07, 6.45) is 1.07. The molecule has 0 radical (unpaired) electrons. The molecule has 0 unspecified atom stereocenters. The molecule has 0 aliphatic heterocycles. The predicted octanol–water partition coefficient (Wildman–Crippen LogP) is 3.58. The van der Waals surface area contributed by atoms with E-state index >= 15 is 0 Å². The van der Waals surface area contributed by atoms with Gasteiger partial charge in [0.15, 0.2) is 0 Å². The van der Waals surface area contributed by atoms with Crippen LogP contribution in [0.25, 0.3) is 0 Å². The number of halogens is 1. The van der Waals surface area contributed by atoms with Crippen molar-refractivity contribution in [2.75, 3.05) is 12.4 Å². The Kier molecular flexibility index (Phi) is 3.61. The topological polar surface area (TPSA) is 12.0 Å². The number of nitrogens with one attached hydrogen (secondary N) is 1. The van der Waals surface area contributed by atoms with E-state index in [-0.39, 0.29) is 0 Å². The van der Waals surface area contributed by atoms with Gasteiger partial charge in [0, 0.05) is 17.8 Å². The molecule has 0 aliphatic rings. The minimum absolute atomic E-state index is 0.658. The second-order valence-corrected chi connectivity index (χ2v) is 4.09. The van der Waals surface area contributed by atoms with Gasteiger partial charge in [-0.05, 0) is 36.1 Å². The van der Waals surface area contributed by atoms with Gasteiger partial charge in [0.25, 0.3) is 0 Å². The van der Waals surface area contributed by atoms with E-state index in [1.54, 1.807) is 0 Å². The number of rotatable bonds is 3. The van der Waals surface area contributed by atoms with Crippen LogP contribution in [0.3, 0.4) is 0 Å². The summed E-state index contributed by atoms with van der Waals surface area (Å²) in [4.78, 5) is 0. The molecule has 0 fully saturated rings. The van der Waals surface area contributed by atoms with Gasteiger partial charge in [-0.3, -0.25) is 0 Å². The molecule has 0 saturated carbocycles. The summed E-state index contributed by atoms with van der Waals surface area (Å²) in [5.74, 6) is 0.658. The molecule has 0 heterocycles. The Morgan fingerprint density at radius 2 is 2.08 bits per heavy atom. The van der Waals surface area contributed by atoms with Crippen molar-refractivity contribution in [1.29, 1.82) is 0 Å². The molecule has 13 heavy (non-hydrogen) atoms. The van der Waals surface area contributed by atoms with Crippen LogP contribution >= 0.6 is 11.6 Å². The maximum Gasteiger partial charge on any atom is 0.0410 e. The Balaban J connectivity index is 2.94. The van der Waals surface area contributed by atoms with Gasteiger partial charge in [-0.1, -0.05) is 25.4 Å². The molecule has 0 amide bonds. The minimum atomic E-state index is 0.658. The molecule has 0 spiro atoms. The lowest BCUT2D eigenvalue weighted by atomic mass is 10.0. The van der Waals surface area contributed by atoms with Gasteiger partial charge in [0.05, 0.1) is 0 Å². The summed E-state index contributed by atoms with van der Waals surface area (Å²) < 4.78 is 0. The van der Waals surface area contributed by atoms with E-state index in [1.807, 2.05) is 25.2 Å². The molecular weight excluding hydrogens is 182 g/mol. The lowest BCUT2D eigenvalue weighted by Gasteiger charge is -2.11. The molecule has 72 valence electrons. The highest BCUT2D eigenvalue weighted by Crippen LogP contribution is 2.22. The van der Waals surface area contributed by atoms with Crippen LogP contribution < -0.4 is 5.32 Å². The summed E-state index contributed by atoms with van der Waals surface area (Å²) in [6.45, 7) is 4.42. The molecule has 1 N–H and O–H groups in total. The highest BCUT2D eigenvalue weighted by atomic mass is 35.5. The van der Waals surface area contributed by atoms with Gasteiger partial charge in [-0.2, -0.15) is 0 Å². The summed E-state index contributed by atoms with van der Waals surface area (Å²) in [7, 11) is 1.94.